The summed E-state index contributed by atoms with van der Waals surface area (Å²) in [5.41, 5.74) is 7.81. The zero-order valence-electron chi connectivity index (χ0n) is 15.5. The second kappa shape index (κ2) is 7.65. The average molecular weight is 374 g/mol. The fourth-order valence-electron chi connectivity index (χ4n) is 3.52. The molecule has 9 heteroatoms. The smallest absolute Gasteiger partial charge is 0.338 e. The zero-order chi connectivity index (χ0) is 19.6. The second-order valence-corrected chi connectivity index (χ2v) is 6.08. The van der Waals surface area contributed by atoms with E-state index < -0.39 is 11.9 Å². The minimum absolute atomic E-state index is 0.0731. The molecule has 3 rings (SSSR count). The SMILES string of the molecule is CCOC(=O)C1=C(N)NC2=C(C(=O)CCC2)C1c1c(OC)ncnc1OC. The topological polar surface area (TPSA) is 126 Å². The number of Topliss-reactive ketones (excluding diaryl/α,β-unsaturated/α-hetero) is 1. The van der Waals surface area contributed by atoms with Gasteiger partial charge in [-0.05, 0) is 19.8 Å². The maximum atomic E-state index is 12.8. The molecule has 0 bridgehead atoms. The first-order valence-electron chi connectivity index (χ1n) is 8.66. The lowest BCUT2D eigenvalue weighted by Crippen LogP contribution is -2.38. The summed E-state index contributed by atoms with van der Waals surface area (Å²) in [5.74, 6) is -0.984. The number of allylic oxidation sites excluding steroid dienone is 2. The highest BCUT2D eigenvalue weighted by Gasteiger charge is 2.43. The van der Waals surface area contributed by atoms with Crippen molar-refractivity contribution in [2.24, 2.45) is 5.73 Å². The van der Waals surface area contributed by atoms with Gasteiger partial charge in [0.05, 0.1) is 37.9 Å². The molecule has 0 radical (unpaired) electrons. The van der Waals surface area contributed by atoms with Crippen LogP contribution in [0, 0.1) is 0 Å². The van der Waals surface area contributed by atoms with Crippen LogP contribution in [-0.4, -0.2) is 42.5 Å². The molecule has 1 atom stereocenters. The minimum atomic E-state index is -0.834. The first-order valence-corrected chi connectivity index (χ1v) is 8.66. The molecule has 1 aliphatic heterocycles. The molecule has 1 unspecified atom stereocenters. The van der Waals surface area contributed by atoms with E-state index in [-0.39, 0.29) is 35.5 Å². The Bertz CT molecular complexity index is 824. The number of hydrogen-bond donors (Lipinski definition) is 2. The first-order chi connectivity index (χ1) is 13.0. The van der Waals surface area contributed by atoms with Crippen LogP contribution in [0.1, 0.15) is 37.7 Å². The number of nitrogens with two attached hydrogens (primary N) is 1. The van der Waals surface area contributed by atoms with Crippen molar-refractivity contribution in [1.29, 1.82) is 0 Å². The quantitative estimate of drug-likeness (QED) is 0.724. The van der Waals surface area contributed by atoms with E-state index in [1.807, 2.05) is 0 Å². The number of methoxy groups -OCH3 is 2. The molecule has 1 aromatic rings. The van der Waals surface area contributed by atoms with Crippen molar-refractivity contribution in [1.82, 2.24) is 15.3 Å². The number of ketones is 1. The number of ether oxygens (including phenoxy) is 3. The van der Waals surface area contributed by atoms with Crippen LogP contribution in [-0.2, 0) is 14.3 Å². The molecule has 0 saturated heterocycles. The van der Waals surface area contributed by atoms with Crippen LogP contribution in [0.3, 0.4) is 0 Å². The molecule has 2 heterocycles. The fourth-order valence-corrected chi connectivity index (χ4v) is 3.52. The van der Waals surface area contributed by atoms with Crippen molar-refractivity contribution in [3.05, 3.63) is 34.6 Å². The molecule has 0 amide bonds. The van der Waals surface area contributed by atoms with Crippen LogP contribution >= 0.6 is 0 Å². The Morgan fingerprint density at radius 1 is 1.26 bits per heavy atom. The Morgan fingerprint density at radius 3 is 2.52 bits per heavy atom. The maximum Gasteiger partial charge on any atom is 0.338 e. The first kappa shape index (κ1) is 18.7. The zero-order valence-corrected chi connectivity index (χ0v) is 15.5. The van der Waals surface area contributed by atoms with E-state index in [1.54, 1.807) is 6.92 Å². The van der Waals surface area contributed by atoms with E-state index in [1.165, 1.54) is 20.5 Å². The standard InChI is InChI=1S/C18H22N4O5/c1-4-27-18(24)13-12(14-16(25-2)20-8-21-17(14)26-3)11-9(22-15(13)19)6-5-7-10(11)23/h8,12,22H,4-7,19H2,1-3H3. The van der Waals surface area contributed by atoms with Gasteiger partial charge in [0.1, 0.15) is 12.1 Å². The van der Waals surface area contributed by atoms with Gasteiger partial charge in [0, 0.05) is 17.7 Å². The molecule has 0 fully saturated rings. The van der Waals surface area contributed by atoms with Crippen LogP contribution in [0.4, 0.5) is 0 Å². The summed E-state index contributed by atoms with van der Waals surface area (Å²) in [5, 5.41) is 3.01. The largest absolute Gasteiger partial charge is 0.481 e. The summed E-state index contributed by atoms with van der Waals surface area (Å²) in [7, 11) is 2.89. The van der Waals surface area contributed by atoms with Crippen LogP contribution < -0.4 is 20.5 Å². The summed E-state index contributed by atoms with van der Waals surface area (Å²) in [6, 6.07) is 0. The van der Waals surface area contributed by atoms with Gasteiger partial charge in [-0.2, -0.15) is 0 Å². The Labute approximate surface area is 156 Å². The molecule has 27 heavy (non-hydrogen) atoms. The minimum Gasteiger partial charge on any atom is -0.481 e. The van der Waals surface area contributed by atoms with Gasteiger partial charge in [0.25, 0.3) is 0 Å². The van der Waals surface area contributed by atoms with Crippen LogP contribution in [0.25, 0.3) is 0 Å². The van der Waals surface area contributed by atoms with Gasteiger partial charge in [0.15, 0.2) is 5.78 Å². The van der Waals surface area contributed by atoms with Crippen LogP contribution in [0.15, 0.2) is 29.0 Å². The van der Waals surface area contributed by atoms with Crippen molar-refractivity contribution in [2.45, 2.75) is 32.1 Å². The summed E-state index contributed by atoms with van der Waals surface area (Å²) in [6.07, 6.45) is 3.02. The maximum absolute atomic E-state index is 12.8. The highest BCUT2D eigenvalue weighted by Crippen LogP contribution is 2.46. The Kier molecular flexibility index (Phi) is 5.29. The van der Waals surface area contributed by atoms with Gasteiger partial charge in [-0.1, -0.05) is 0 Å². The van der Waals surface area contributed by atoms with E-state index in [0.717, 1.165) is 0 Å². The molecule has 2 aliphatic rings. The van der Waals surface area contributed by atoms with Gasteiger partial charge < -0.3 is 25.3 Å². The number of esters is 1. The predicted molar refractivity (Wildman–Crippen MR) is 94.7 cm³/mol. The van der Waals surface area contributed by atoms with Gasteiger partial charge in [-0.15, -0.1) is 0 Å². The number of nitrogens with zero attached hydrogens (tertiary/aromatic N) is 2. The molecular weight excluding hydrogens is 352 g/mol. The molecule has 1 aliphatic carbocycles. The van der Waals surface area contributed by atoms with E-state index in [0.29, 0.717) is 36.1 Å². The van der Waals surface area contributed by atoms with Crippen molar-refractivity contribution < 1.29 is 23.8 Å². The van der Waals surface area contributed by atoms with E-state index >= 15 is 0 Å². The molecule has 3 N–H and O–H groups in total. The molecule has 144 valence electrons. The Hall–Kier alpha value is -3.10. The third-order valence-electron chi connectivity index (χ3n) is 4.59. The molecule has 0 saturated carbocycles. The van der Waals surface area contributed by atoms with Gasteiger partial charge in [-0.25, -0.2) is 14.8 Å². The summed E-state index contributed by atoms with van der Waals surface area (Å²) >= 11 is 0. The number of aromatic nitrogens is 2. The van der Waals surface area contributed by atoms with Gasteiger partial charge in [0.2, 0.25) is 11.8 Å². The number of dihydropyridines is 1. The van der Waals surface area contributed by atoms with E-state index in [4.69, 9.17) is 19.9 Å². The lowest BCUT2D eigenvalue weighted by atomic mass is 9.76. The van der Waals surface area contributed by atoms with Crippen LogP contribution in [0.2, 0.25) is 0 Å². The highest BCUT2D eigenvalue weighted by molar-refractivity contribution is 6.04. The van der Waals surface area contributed by atoms with Gasteiger partial charge in [-0.3, -0.25) is 4.79 Å². The average Bonchev–Trinajstić information content (AvgIpc) is 2.66. The number of carbonyl (C=O) groups excluding carboxylic acids is 2. The predicted octanol–water partition coefficient (Wildman–Crippen LogP) is 0.921. The van der Waals surface area contributed by atoms with E-state index in [9.17, 15) is 9.59 Å². The van der Waals surface area contributed by atoms with Gasteiger partial charge >= 0.3 is 5.97 Å². The Balaban J connectivity index is 2.29. The summed E-state index contributed by atoms with van der Waals surface area (Å²) in [4.78, 5) is 33.8. The molecule has 0 spiro atoms. The number of carbonyl (C=O) groups is 2. The highest BCUT2D eigenvalue weighted by atomic mass is 16.5. The monoisotopic (exact) mass is 374 g/mol. The molecule has 1 aromatic heterocycles. The van der Waals surface area contributed by atoms with Crippen molar-refractivity contribution in [3.8, 4) is 11.8 Å². The number of hydrogen-bond acceptors (Lipinski definition) is 9. The fraction of sp³-hybridized carbons (Fsp3) is 0.444. The lowest BCUT2D eigenvalue weighted by Gasteiger charge is -2.34. The summed E-state index contributed by atoms with van der Waals surface area (Å²) < 4.78 is 15.9. The second-order valence-electron chi connectivity index (χ2n) is 6.08. The third-order valence-corrected chi connectivity index (χ3v) is 4.59. The number of rotatable bonds is 5. The Morgan fingerprint density at radius 2 is 1.93 bits per heavy atom. The summed E-state index contributed by atoms with van der Waals surface area (Å²) in [6.45, 7) is 1.87. The molecule has 9 nitrogen and oxygen atoms in total. The van der Waals surface area contributed by atoms with Crippen molar-refractivity contribution >= 4 is 11.8 Å². The molecular formula is C18H22N4O5. The van der Waals surface area contributed by atoms with Crippen molar-refractivity contribution in [3.63, 3.8) is 0 Å². The number of nitrogens with one attached hydrogen (secondary N) is 1. The van der Waals surface area contributed by atoms with Crippen LogP contribution in [0.5, 0.6) is 11.8 Å². The van der Waals surface area contributed by atoms with E-state index in [2.05, 4.69) is 15.3 Å². The lowest BCUT2D eigenvalue weighted by molar-refractivity contribution is -0.138. The normalized spacial score (nSPS) is 19.4. The van der Waals surface area contributed by atoms with Crippen molar-refractivity contribution in [2.75, 3.05) is 20.8 Å². The molecule has 0 aromatic carbocycles. The third kappa shape index (κ3) is 3.20.